The van der Waals surface area contributed by atoms with Crippen molar-refractivity contribution in [3.63, 3.8) is 0 Å². The van der Waals surface area contributed by atoms with Crippen LogP contribution in [0.5, 0.6) is 0 Å². The lowest BCUT2D eigenvalue weighted by Crippen LogP contribution is -2.24. The number of pyridine rings is 2. The number of hydrogen-bond donors (Lipinski definition) is 0. The molecular formula is C14H13ClN4. The van der Waals surface area contributed by atoms with Crippen molar-refractivity contribution in [1.29, 1.82) is 5.26 Å². The Bertz CT molecular complexity index is 565. The molecular weight excluding hydrogens is 260 g/mol. The van der Waals surface area contributed by atoms with Crippen molar-refractivity contribution in [2.24, 2.45) is 0 Å². The molecule has 0 bridgehead atoms. The van der Waals surface area contributed by atoms with Crippen molar-refractivity contribution in [2.75, 3.05) is 11.4 Å². The number of halogens is 1. The molecule has 96 valence electrons. The molecule has 0 saturated carbocycles. The smallest absolute Gasteiger partial charge is 0.131 e. The van der Waals surface area contributed by atoms with Gasteiger partial charge in [-0.05, 0) is 23.8 Å². The third-order valence-corrected chi connectivity index (χ3v) is 2.82. The van der Waals surface area contributed by atoms with Gasteiger partial charge in [0.25, 0.3) is 0 Å². The minimum absolute atomic E-state index is 0.439. The van der Waals surface area contributed by atoms with Crippen LogP contribution in [0.3, 0.4) is 0 Å². The first-order valence-electron chi connectivity index (χ1n) is 5.93. The van der Waals surface area contributed by atoms with Gasteiger partial charge >= 0.3 is 0 Å². The van der Waals surface area contributed by atoms with Crippen LogP contribution in [-0.4, -0.2) is 16.5 Å². The first kappa shape index (κ1) is 13.3. The van der Waals surface area contributed by atoms with Crippen LogP contribution in [0.4, 0.5) is 5.82 Å². The van der Waals surface area contributed by atoms with Crippen LogP contribution in [0.25, 0.3) is 0 Å². The van der Waals surface area contributed by atoms with Gasteiger partial charge in [-0.1, -0.05) is 23.7 Å². The quantitative estimate of drug-likeness (QED) is 0.785. The number of anilines is 1. The summed E-state index contributed by atoms with van der Waals surface area (Å²) in [6, 6.07) is 11.5. The summed E-state index contributed by atoms with van der Waals surface area (Å²) in [5.74, 6) is 0.770. The van der Waals surface area contributed by atoms with E-state index in [9.17, 15) is 0 Å². The van der Waals surface area contributed by atoms with Crippen molar-refractivity contribution < 1.29 is 0 Å². The Hall–Kier alpha value is -2.12. The molecule has 0 aliphatic heterocycles. The summed E-state index contributed by atoms with van der Waals surface area (Å²) >= 11 is 5.91. The number of nitriles is 1. The van der Waals surface area contributed by atoms with Gasteiger partial charge in [-0.15, -0.1) is 0 Å². The van der Waals surface area contributed by atoms with E-state index in [1.54, 1.807) is 12.3 Å². The average Bonchev–Trinajstić information content (AvgIpc) is 2.44. The molecule has 0 fully saturated rings. The van der Waals surface area contributed by atoms with Gasteiger partial charge in [0.2, 0.25) is 0 Å². The van der Waals surface area contributed by atoms with E-state index in [0.29, 0.717) is 24.7 Å². The normalized spacial score (nSPS) is 9.89. The summed E-state index contributed by atoms with van der Waals surface area (Å²) in [6.45, 7) is 1.27. The third-order valence-electron chi connectivity index (χ3n) is 2.61. The molecule has 2 aromatic rings. The minimum atomic E-state index is 0.439. The lowest BCUT2D eigenvalue weighted by molar-refractivity contribution is 0.780. The van der Waals surface area contributed by atoms with Gasteiger partial charge in [0, 0.05) is 25.5 Å². The molecule has 2 heterocycles. The van der Waals surface area contributed by atoms with E-state index in [2.05, 4.69) is 16.0 Å². The molecule has 2 rings (SSSR count). The van der Waals surface area contributed by atoms with E-state index in [1.165, 1.54) is 0 Å². The zero-order valence-electron chi connectivity index (χ0n) is 10.3. The highest BCUT2D eigenvalue weighted by molar-refractivity contribution is 6.29. The van der Waals surface area contributed by atoms with E-state index in [1.807, 2.05) is 35.4 Å². The summed E-state index contributed by atoms with van der Waals surface area (Å²) in [5.41, 5.74) is 1.07. The zero-order valence-corrected chi connectivity index (χ0v) is 11.1. The summed E-state index contributed by atoms with van der Waals surface area (Å²) in [5, 5.41) is 9.20. The Morgan fingerprint density at radius 3 is 2.84 bits per heavy atom. The maximum absolute atomic E-state index is 8.75. The van der Waals surface area contributed by atoms with Gasteiger partial charge in [-0.25, -0.2) is 4.98 Å². The van der Waals surface area contributed by atoms with Crippen LogP contribution >= 0.6 is 11.6 Å². The second-order valence-electron chi connectivity index (χ2n) is 4.01. The fourth-order valence-electron chi connectivity index (χ4n) is 1.75. The summed E-state index contributed by atoms with van der Waals surface area (Å²) < 4.78 is 0. The van der Waals surface area contributed by atoms with Gasteiger partial charge < -0.3 is 4.90 Å². The van der Waals surface area contributed by atoms with Gasteiger partial charge in [0.15, 0.2) is 0 Å². The summed E-state index contributed by atoms with van der Waals surface area (Å²) in [6.07, 6.45) is 3.99. The van der Waals surface area contributed by atoms with E-state index in [0.717, 1.165) is 11.4 Å². The Balaban J connectivity index is 2.19. The molecule has 0 aromatic carbocycles. The molecule has 4 nitrogen and oxygen atoms in total. The van der Waals surface area contributed by atoms with Crippen LogP contribution in [0.15, 0.2) is 42.7 Å². The lowest BCUT2D eigenvalue weighted by atomic mass is 10.2. The van der Waals surface area contributed by atoms with Crippen LogP contribution in [-0.2, 0) is 6.54 Å². The number of nitrogens with zero attached hydrogens (tertiary/aromatic N) is 4. The highest BCUT2D eigenvalue weighted by Gasteiger charge is 2.09. The second kappa shape index (κ2) is 6.72. The van der Waals surface area contributed by atoms with Gasteiger partial charge in [-0.2, -0.15) is 5.26 Å². The molecule has 0 amide bonds. The molecule has 0 atom stereocenters. The Labute approximate surface area is 117 Å². The standard InChI is InChI=1S/C14H13ClN4/c15-13-5-1-6-14(18-13)19(9-3-7-16)11-12-4-2-8-17-10-12/h1-2,4-6,8,10H,3,9,11H2. The monoisotopic (exact) mass is 272 g/mol. The third kappa shape index (κ3) is 3.94. The summed E-state index contributed by atoms with van der Waals surface area (Å²) in [7, 11) is 0. The number of rotatable bonds is 5. The van der Waals surface area contributed by atoms with Gasteiger partial charge in [0.05, 0.1) is 12.5 Å². The maximum Gasteiger partial charge on any atom is 0.131 e. The van der Waals surface area contributed by atoms with Gasteiger partial charge in [0.1, 0.15) is 11.0 Å². The topological polar surface area (TPSA) is 52.8 Å². The maximum atomic E-state index is 8.75. The molecule has 0 spiro atoms. The van der Waals surface area contributed by atoms with E-state index in [-0.39, 0.29) is 0 Å². The molecule has 0 radical (unpaired) electrons. The molecule has 0 aliphatic rings. The fraction of sp³-hybridized carbons (Fsp3) is 0.214. The largest absolute Gasteiger partial charge is 0.351 e. The van der Waals surface area contributed by atoms with Crippen LogP contribution < -0.4 is 4.90 Å². The Morgan fingerprint density at radius 1 is 1.26 bits per heavy atom. The Morgan fingerprint density at radius 2 is 2.16 bits per heavy atom. The molecule has 0 aliphatic carbocycles. The van der Waals surface area contributed by atoms with Crippen molar-refractivity contribution >= 4 is 17.4 Å². The lowest BCUT2D eigenvalue weighted by Gasteiger charge is -2.22. The zero-order chi connectivity index (χ0) is 13.5. The van der Waals surface area contributed by atoms with E-state index < -0.39 is 0 Å². The SMILES string of the molecule is N#CCCN(Cc1cccnc1)c1cccc(Cl)n1. The van der Waals surface area contributed by atoms with Crippen molar-refractivity contribution in [2.45, 2.75) is 13.0 Å². The van der Waals surface area contributed by atoms with E-state index >= 15 is 0 Å². The van der Waals surface area contributed by atoms with E-state index in [4.69, 9.17) is 16.9 Å². The van der Waals surface area contributed by atoms with Crippen molar-refractivity contribution in [3.8, 4) is 6.07 Å². The predicted octanol–water partition coefficient (Wildman–Crippen LogP) is 3.05. The van der Waals surface area contributed by atoms with Crippen LogP contribution in [0, 0.1) is 11.3 Å². The second-order valence-corrected chi connectivity index (χ2v) is 4.40. The van der Waals surface area contributed by atoms with Crippen LogP contribution in [0.2, 0.25) is 5.15 Å². The Kier molecular flexibility index (Phi) is 4.71. The first-order valence-corrected chi connectivity index (χ1v) is 6.31. The number of aromatic nitrogens is 2. The van der Waals surface area contributed by atoms with Gasteiger partial charge in [-0.3, -0.25) is 4.98 Å². The highest BCUT2D eigenvalue weighted by atomic mass is 35.5. The molecule has 0 unspecified atom stereocenters. The molecule has 5 heteroatoms. The first-order chi connectivity index (χ1) is 9.29. The average molecular weight is 273 g/mol. The minimum Gasteiger partial charge on any atom is -0.351 e. The molecule has 0 saturated heterocycles. The molecule has 0 N–H and O–H groups in total. The molecule has 2 aromatic heterocycles. The summed E-state index contributed by atoms with van der Waals surface area (Å²) in [4.78, 5) is 10.4. The van der Waals surface area contributed by atoms with Crippen molar-refractivity contribution in [1.82, 2.24) is 9.97 Å². The fourth-order valence-corrected chi connectivity index (χ4v) is 1.90. The molecule has 19 heavy (non-hydrogen) atoms. The van der Waals surface area contributed by atoms with Crippen LogP contribution in [0.1, 0.15) is 12.0 Å². The highest BCUT2D eigenvalue weighted by Crippen LogP contribution is 2.17. The van der Waals surface area contributed by atoms with Crippen molar-refractivity contribution in [3.05, 3.63) is 53.4 Å². The number of hydrogen-bond acceptors (Lipinski definition) is 4. The predicted molar refractivity (Wildman–Crippen MR) is 74.8 cm³/mol.